The minimum atomic E-state index is -0.258. The Balaban J connectivity index is 1.84. The van der Waals surface area contributed by atoms with E-state index < -0.39 is 0 Å². The van der Waals surface area contributed by atoms with Crippen LogP contribution in [0.2, 0.25) is 0 Å². The minimum absolute atomic E-state index is 0.0882. The average Bonchev–Trinajstić information content (AvgIpc) is 2.36. The molecule has 0 aromatic heterocycles. The number of piperidine rings is 1. The number of rotatable bonds is 2. The van der Waals surface area contributed by atoms with Crippen LogP contribution in [0.4, 0.5) is 4.79 Å². The molecule has 1 amide bonds. The van der Waals surface area contributed by atoms with Gasteiger partial charge in [0.2, 0.25) is 0 Å². The van der Waals surface area contributed by atoms with Gasteiger partial charge in [0.1, 0.15) is 6.61 Å². The Morgan fingerprint density at radius 3 is 3.11 bits per heavy atom. The molecule has 0 spiro atoms. The van der Waals surface area contributed by atoms with Gasteiger partial charge in [-0.2, -0.15) is 0 Å². The van der Waals surface area contributed by atoms with E-state index in [0.717, 1.165) is 24.9 Å². The summed E-state index contributed by atoms with van der Waals surface area (Å²) < 4.78 is 5.30. The molecule has 98 valence electrons. The molecule has 0 saturated carbocycles. The Bertz CT molecular complexity index is 420. The van der Waals surface area contributed by atoms with Gasteiger partial charge in [-0.3, -0.25) is 0 Å². The predicted octanol–water partition coefficient (Wildman–Crippen LogP) is 2.05. The third-order valence-corrected chi connectivity index (χ3v) is 3.16. The maximum Gasteiger partial charge on any atom is 0.410 e. The zero-order valence-electron chi connectivity index (χ0n) is 10.8. The highest BCUT2D eigenvalue weighted by Gasteiger charge is 2.22. The van der Waals surface area contributed by atoms with Crippen LogP contribution in [0.5, 0.6) is 0 Å². The van der Waals surface area contributed by atoms with Gasteiger partial charge < -0.3 is 15.4 Å². The van der Waals surface area contributed by atoms with Crippen molar-refractivity contribution in [1.82, 2.24) is 4.90 Å². The molecule has 0 radical (unpaired) electrons. The summed E-state index contributed by atoms with van der Waals surface area (Å²) in [5.74, 6) is 0. The molecule has 2 N–H and O–H groups in total. The quantitative estimate of drug-likeness (QED) is 0.871. The fourth-order valence-corrected chi connectivity index (χ4v) is 2.21. The number of aryl methyl sites for hydroxylation is 1. The van der Waals surface area contributed by atoms with Crippen LogP contribution in [0.3, 0.4) is 0 Å². The van der Waals surface area contributed by atoms with Gasteiger partial charge in [0.05, 0.1) is 0 Å². The Hall–Kier alpha value is -1.55. The van der Waals surface area contributed by atoms with Crippen molar-refractivity contribution < 1.29 is 9.53 Å². The third kappa shape index (κ3) is 3.47. The van der Waals surface area contributed by atoms with Gasteiger partial charge in [0.25, 0.3) is 0 Å². The lowest BCUT2D eigenvalue weighted by Crippen LogP contribution is -2.45. The predicted molar refractivity (Wildman–Crippen MR) is 70.1 cm³/mol. The van der Waals surface area contributed by atoms with Crippen molar-refractivity contribution in [2.45, 2.75) is 32.4 Å². The number of likely N-dealkylation sites (tertiary alicyclic amines) is 1. The second-order valence-electron chi connectivity index (χ2n) is 4.89. The molecule has 1 atom stereocenters. The first-order valence-electron chi connectivity index (χ1n) is 6.38. The van der Waals surface area contributed by atoms with Crippen molar-refractivity contribution in [3.63, 3.8) is 0 Å². The number of nitrogens with two attached hydrogens (primary N) is 1. The van der Waals surface area contributed by atoms with E-state index in [4.69, 9.17) is 10.5 Å². The number of hydrogen-bond acceptors (Lipinski definition) is 3. The van der Waals surface area contributed by atoms with E-state index in [2.05, 4.69) is 0 Å². The van der Waals surface area contributed by atoms with Crippen LogP contribution in [0, 0.1) is 6.92 Å². The topological polar surface area (TPSA) is 55.6 Å². The summed E-state index contributed by atoms with van der Waals surface area (Å²) in [6.07, 6.45) is 1.69. The number of carbonyl (C=O) groups excluding carboxylic acids is 1. The fourth-order valence-electron chi connectivity index (χ4n) is 2.21. The first kappa shape index (κ1) is 12.9. The SMILES string of the molecule is Cc1cccc(COC(=O)N2CCCC(N)C2)c1. The van der Waals surface area contributed by atoms with Crippen LogP contribution in [0.15, 0.2) is 24.3 Å². The standard InChI is InChI=1S/C14H20N2O2/c1-11-4-2-5-12(8-11)10-18-14(17)16-7-3-6-13(15)9-16/h2,4-5,8,13H,3,6-7,9-10,15H2,1H3. The van der Waals surface area contributed by atoms with E-state index >= 15 is 0 Å². The van der Waals surface area contributed by atoms with Crippen LogP contribution in [0.1, 0.15) is 24.0 Å². The number of benzene rings is 1. The van der Waals surface area contributed by atoms with Gasteiger partial charge in [-0.05, 0) is 25.3 Å². The zero-order valence-corrected chi connectivity index (χ0v) is 10.8. The number of amides is 1. The van der Waals surface area contributed by atoms with Crippen molar-refractivity contribution >= 4 is 6.09 Å². The molecule has 4 heteroatoms. The molecule has 0 bridgehead atoms. The van der Waals surface area contributed by atoms with Crippen molar-refractivity contribution in [3.8, 4) is 0 Å². The first-order valence-corrected chi connectivity index (χ1v) is 6.38. The zero-order chi connectivity index (χ0) is 13.0. The normalized spacial score (nSPS) is 19.7. The van der Waals surface area contributed by atoms with Gasteiger partial charge in [0, 0.05) is 19.1 Å². The average molecular weight is 248 g/mol. The maximum atomic E-state index is 11.9. The summed E-state index contributed by atoms with van der Waals surface area (Å²) in [6.45, 7) is 3.70. The molecular weight excluding hydrogens is 228 g/mol. The number of carbonyl (C=O) groups is 1. The van der Waals surface area contributed by atoms with Gasteiger partial charge >= 0.3 is 6.09 Å². The number of nitrogens with zero attached hydrogens (tertiary/aromatic N) is 1. The van der Waals surface area contributed by atoms with Crippen molar-refractivity contribution in [3.05, 3.63) is 35.4 Å². The van der Waals surface area contributed by atoms with Crippen molar-refractivity contribution in [2.75, 3.05) is 13.1 Å². The fraction of sp³-hybridized carbons (Fsp3) is 0.500. The molecule has 1 saturated heterocycles. The van der Waals surface area contributed by atoms with Gasteiger partial charge in [-0.25, -0.2) is 4.79 Å². The Kier molecular flexibility index (Phi) is 4.20. The van der Waals surface area contributed by atoms with Gasteiger partial charge in [0.15, 0.2) is 0 Å². The van der Waals surface area contributed by atoms with Crippen LogP contribution in [-0.2, 0) is 11.3 Å². The lowest BCUT2D eigenvalue weighted by atomic mass is 10.1. The molecule has 1 aliphatic rings. The van der Waals surface area contributed by atoms with E-state index in [1.165, 1.54) is 5.56 Å². The van der Waals surface area contributed by atoms with Crippen molar-refractivity contribution in [1.29, 1.82) is 0 Å². The number of ether oxygens (including phenoxy) is 1. The summed E-state index contributed by atoms with van der Waals surface area (Å²) in [5.41, 5.74) is 8.03. The summed E-state index contributed by atoms with van der Waals surface area (Å²) in [5, 5.41) is 0. The maximum absolute atomic E-state index is 11.9. The molecule has 1 aliphatic heterocycles. The molecular formula is C14H20N2O2. The summed E-state index contributed by atoms with van der Waals surface area (Å²) in [4.78, 5) is 13.5. The Morgan fingerprint density at radius 2 is 2.39 bits per heavy atom. The minimum Gasteiger partial charge on any atom is -0.445 e. The molecule has 1 heterocycles. The van der Waals surface area contributed by atoms with Crippen LogP contribution >= 0.6 is 0 Å². The number of hydrogen-bond donors (Lipinski definition) is 1. The summed E-state index contributed by atoms with van der Waals surface area (Å²) in [7, 11) is 0. The van der Waals surface area contributed by atoms with E-state index in [1.807, 2.05) is 31.2 Å². The van der Waals surface area contributed by atoms with Crippen LogP contribution in [-0.4, -0.2) is 30.1 Å². The molecule has 1 aromatic carbocycles. The van der Waals surface area contributed by atoms with Crippen molar-refractivity contribution in [2.24, 2.45) is 5.73 Å². The van der Waals surface area contributed by atoms with E-state index in [9.17, 15) is 4.79 Å². The van der Waals surface area contributed by atoms with Gasteiger partial charge in [-0.1, -0.05) is 29.8 Å². The molecule has 1 aromatic rings. The van der Waals surface area contributed by atoms with E-state index in [0.29, 0.717) is 13.2 Å². The Labute approximate surface area is 108 Å². The third-order valence-electron chi connectivity index (χ3n) is 3.16. The monoisotopic (exact) mass is 248 g/mol. The summed E-state index contributed by atoms with van der Waals surface area (Å²) >= 11 is 0. The van der Waals surface area contributed by atoms with Crippen LogP contribution < -0.4 is 5.73 Å². The molecule has 0 aliphatic carbocycles. The lowest BCUT2D eigenvalue weighted by molar-refractivity contribution is 0.0862. The largest absolute Gasteiger partial charge is 0.445 e. The van der Waals surface area contributed by atoms with E-state index in [-0.39, 0.29) is 12.1 Å². The second kappa shape index (κ2) is 5.87. The van der Waals surface area contributed by atoms with Crippen LogP contribution in [0.25, 0.3) is 0 Å². The highest BCUT2D eigenvalue weighted by molar-refractivity contribution is 5.67. The van der Waals surface area contributed by atoms with Gasteiger partial charge in [-0.15, -0.1) is 0 Å². The highest BCUT2D eigenvalue weighted by atomic mass is 16.6. The van der Waals surface area contributed by atoms with E-state index in [1.54, 1.807) is 4.90 Å². The highest BCUT2D eigenvalue weighted by Crippen LogP contribution is 2.11. The summed E-state index contributed by atoms with van der Waals surface area (Å²) in [6, 6.07) is 8.06. The Morgan fingerprint density at radius 1 is 1.56 bits per heavy atom. The molecule has 1 fully saturated rings. The smallest absolute Gasteiger partial charge is 0.410 e. The molecule has 2 rings (SSSR count). The first-order chi connectivity index (χ1) is 8.65. The molecule has 18 heavy (non-hydrogen) atoms. The molecule has 4 nitrogen and oxygen atoms in total. The second-order valence-corrected chi connectivity index (χ2v) is 4.89. The molecule has 1 unspecified atom stereocenters. The lowest BCUT2D eigenvalue weighted by Gasteiger charge is -2.29.